The molecule has 1 unspecified atom stereocenters. The van der Waals surface area contributed by atoms with E-state index in [1.807, 2.05) is 12.2 Å². The van der Waals surface area contributed by atoms with Crippen molar-refractivity contribution in [2.75, 3.05) is 20.3 Å². The quantitative estimate of drug-likeness (QED) is 0.0242. The topological polar surface area (TPSA) is 153 Å². The maximum Gasteiger partial charge on any atom is 0.306 e. The maximum absolute atomic E-state index is 12.4. The molecule has 0 saturated heterocycles. The number of unbranched alkanes of at least 4 members (excludes halogenated alkanes) is 8. The Labute approximate surface area is 325 Å². The van der Waals surface area contributed by atoms with E-state index in [2.05, 4.69) is 48.1 Å². The Hall–Kier alpha value is -1.59. The fraction of sp³-hybridized carbons (Fsp3) is 0.833. The van der Waals surface area contributed by atoms with Gasteiger partial charge in [0.2, 0.25) is 5.91 Å². The van der Waals surface area contributed by atoms with E-state index in [1.165, 1.54) is 38.5 Å². The molecule has 0 aliphatic heterocycles. The van der Waals surface area contributed by atoms with E-state index in [-0.39, 0.29) is 29.6 Å². The molecule has 0 fully saturated rings. The van der Waals surface area contributed by atoms with Crippen LogP contribution in [0.3, 0.4) is 0 Å². The highest BCUT2D eigenvalue weighted by atomic mass is 79.9. The number of carboxylic acids is 1. The Balaban J connectivity index is 4.44. The van der Waals surface area contributed by atoms with Crippen molar-refractivity contribution in [3.05, 3.63) is 23.8 Å². The number of allylic oxidation sites excluding steroid dienone is 3. The highest BCUT2D eigenvalue weighted by molar-refractivity contribution is 9.10. The number of hydrogen-bond acceptors (Lipinski definition) is 7. The molecule has 0 aromatic rings. The number of aliphatic hydroxyl groups is 3. The largest absolute Gasteiger partial charge is 0.481 e. The van der Waals surface area contributed by atoms with Crippen molar-refractivity contribution in [1.82, 2.24) is 5.32 Å². The third-order valence-electron chi connectivity index (χ3n) is 10.0. The van der Waals surface area contributed by atoms with Crippen LogP contribution in [0.5, 0.6) is 0 Å². The summed E-state index contributed by atoms with van der Waals surface area (Å²) >= 11 is 3.46. The van der Waals surface area contributed by atoms with Gasteiger partial charge in [-0.2, -0.15) is 0 Å². The van der Waals surface area contributed by atoms with Crippen molar-refractivity contribution in [3.63, 3.8) is 0 Å². The van der Waals surface area contributed by atoms with Gasteiger partial charge in [0.25, 0.3) is 0 Å². The van der Waals surface area contributed by atoms with E-state index in [9.17, 15) is 29.7 Å². The first-order chi connectivity index (χ1) is 24.8. The van der Waals surface area contributed by atoms with Crippen LogP contribution < -0.4 is 5.32 Å². The molecule has 0 heterocycles. The molecule has 5 N–H and O–H groups in total. The molecule has 7 atom stereocenters. The van der Waals surface area contributed by atoms with Crippen LogP contribution in [0, 0.1) is 17.8 Å². The molecule has 0 saturated carbocycles. The number of aliphatic hydroxyl groups excluding tert-OH is 3. The molecule has 1 amide bonds. The van der Waals surface area contributed by atoms with Crippen molar-refractivity contribution in [2.24, 2.45) is 17.8 Å². The molecule has 0 radical (unpaired) electrons. The van der Waals surface area contributed by atoms with E-state index < -0.39 is 24.3 Å². The zero-order chi connectivity index (χ0) is 39.1. The van der Waals surface area contributed by atoms with Crippen LogP contribution in [0.4, 0.5) is 0 Å². The van der Waals surface area contributed by atoms with Crippen LogP contribution >= 0.6 is 15.9 Å². The summed E-state index contributed by atoms with van der Waals surface area (Å²) in [5, 5.41) is 43.4. The summed E-state index contributed by atoms with van der Waals surface area (Å²) < 4.78 is 5.35. The van der Waals surface area contributed by atoms with Crippen molar-refractivity contribution in [1.29, 1.82) is 0 Å². The molecule has 0 aromatic heterocycles. The first kappa shape index (κ1) is 50.4. The molecule has 304 valence electrons. The number of ketones is 1. The predicted octanol–water partition coefficient (Wildman–Crippen LogP) is 8.85. The fourth-order valence-corrected chi connectivity index (χ4v) is 6.95. The van der Waals surface area contributed by atoms with Crippen LogP contribution in [0.2, 0.25) is 0 Å². The molecule has 9 nitrogen and oxygen atoms in total. The molecule has 0 bridgehead atoms. The Kier molecular flexibility index (Phi) is 31.8. The summed E-state index contributed by atoms with van der Waals surface area (Å²) in [5.74, 6) is -0.251. The van der Waals surface area contributed by atoms with Gasteiger partial charge in [0.05, 0.1) is 35.7 Å². The molecule has 0 aromatic carbocycles. The van der Waals surface area contributed by atoms with Gasteiger partial charge in [0, 0.05) is 32.9 Å². The van der Waals surface area contributed by atoms with Gasteiger partial charge in [-0.05, 0) is 68.8 Å². The first-order valence-electron chi connectivity index (χ1n) is 20.4. The summed E-state index contributed by atoms with van der Waals surface area (Å²) in [4.78, 5) is 35.6. The number of carbonyl (C=O) groups excluding carboxylic acids is 2. The summed E-state index contributed by atoms with van der Waals surface area (Å²) in [6, 6.07) is 0. The Morgan fingerprint density at radius 3 is 2.04 bits per heavy atom. The van der Waals surface area contributed by atoms with E-state index in [0.717, 1.165) is 63.4 Å². The number of hydrogen-bond donors (Lipinski definition) is 5. The molecule has 0 aliphatic carbocycles. The number of amides is 1. The average molecular weight is 803 g/mol. The van der Waals surface area contributed by atoms with E-state index in [4.69, 9.17) is 9.84 Å². The Bertz CT molecular complexity index is 989. The predicted molar refractivity (Wildman–Crippen MR) is 216 cm³/mol. The molecule has 52 heavy (non-hydrogen) atoms. The minimum Gasteiger partial charge on any atom is -0.481 e. The van der Waals surface area contributed by atoms with Gasteiger partial charge in [0.15, 0.2) is 0 Å². The fourth-order valence-electron chi connectivity index (χ4n) is 6.46. The van der Waals surface area contributed by atoms with Crippen LogP contribution in [-0.2, 0) is 19.1 Å². The van der Waals surface area contributed by atoms with Gasteiger partial charge >= 0.3 is 5.97 Å². The lowest BCUT2D eigenvalue weighted by atomic mass is 9.92. The summed E-state index contributed by atoms with van der Waals surface area (Å²) in [5.41, 5.74) is 0.981. The summed E-state index contributed by atoms with van der Waals surface area (Å²) in [6.45, 7) is 8.60. The number of carbonyl (C=O) groups is 3. The van der Waals surface area contributed by atoms with Crippen LogP contribution in [0.15, 0.2) is 23.8 Å². The highest BCUT2D eigenvalue weighted by Crippen LogP contribution is 2.21. The number of methoxy groups -OCH3 is 1. The molecular formula is C42H76BrNO8. The summed E-state index contributed by atoms with van der Waals surface area (Å²) in [6.07, 6.45) is 21.6. The van der Waals surface area contributed by atoms with Gasteiger partial charge in [-0.1, -0.05) is 126 Å². The lowest BCUT2D eigenvalue weighted by Crippen LogP contribution is -2.39. The van der Waals surface area contributed by atoms with Crippen LogP contribution in [-0.4, -0.2) is 81.5 Å². The molecule has 10 heteroatoms. The number of alkyl halides is 1. The highest BCUT2D eigenvalue weighted by Gasteiger charge is 2.22. The van der Waals surface area contributed by atoms with Crippen LogP contribution in [0.1, 0.15) is 163 Å². The third kappa shape index (κ3) is 27.9. The lowest BCUT2D eigenvalue weighted by molar-refractivity contribution is -0.141. The molecular weight excluding hydrogens is 726 g/mol. The minimum absolute atomic E-state index is 0.0187. The minimum atomic E-state index is -1.12. The molecule has 0 rings (SSSR count). The molecule has 0 spiro atoms. The number of ether oxygens (including phenoxy) is 1. The van der Waals surface area contributed by atoms with Gasteiger partial charge in [-0.25, -0.2) is 0 Å². The van der Waals surface area contributed by atoms with Crippen LogP contribution in [0.25, 0.3) is 0 Å². The maximum atomic E-state index is 12.4. The summed E-state index contributed by atoms with van der Waals surface area (Å²) in [7, 11) is 1.62. The second-order valence-electron chi connectivity index (χ2n) is 15.1. The Morgan fingerprint density at radius 1 is 0.769 bits per heavy atom. The normalized spacial score (nSPS) is 16.3. The second-order valence-corrected chi connectivity index (χ2v) is 16.2. The van der Waals surface area contributed by atoms with E-state index in [1.54, 1.807) is 14.0 Å². The first-order valence-corrected chi connectivity index (χ1v) is 21.3. The standard InChI is InChI=1S/C42H76BrNO8/c1-6-8-9-10-11-12-13-14-25-38(43)41(49)44-30-37(46)29-40(48)39(47)27-26-35(31-52-5)22-17-20-34(7-2)21-18-24-36(45)23-16-15-19-32(3)28-33(4)42(50)51/h17,20,22,32-34,37-40,46-48H,6-16,18-19,21,23-31H2,1-5H3,(H,44,49)(H,50,51)/b20-17+,35-22-/t32-,33+,34+,37+,38?,39-,40+/m1/s1. The Morgan fingerprint density at radius 2 is 1.40 bits per heavy atom. The zero-order valence-electron chi connectivity index (χ0n) is 33.3. The average Bonchev–Trinajstić information content (AvgIpc) is 3.11. The van der Waals surface area contributed by atoms with Crippen molar-refractivity contribution >= 4 is 33.6 Å². The number of halogens is 1. The van der Waals surface area contributed by atoms with Gasteiger partial charge in [0.1, 0.15) is 5.78 Å². The number of aliphatic carboxylic acids is 1. The lowest BCUT2D eigenvalue weighted by Gasteiger charge is -2.22. The second kappa shape index (κ2) is 32.8. The van der Waals surface area contributed by atoms with Crippen molar-refractivity contribution < 1.29 is 39.5 Å². The third-order valence-corrected chi connectivity index (χ3v) is 10.9. The molecule has 0 aliphatic rings. The smallest absolute Gasteiger partial charge is 0.306 e. The van der Waals surface area contributed by atoms with Crippen molar-refractivity contribution in [3.8, 4) is 0 Å². The van der Waals surface area contributed by atoms with E-state index in [0.29, 0.717) is 56.3 Å². The van der Waals surface area contributed by atoms with Gasteiger partial charge in [-0.15, -0.1) is 0 Å². The SMILES string of the molecule is CCCCCCCCCCC(Br)C(=O)NC[C@@H](O)C[C@H](O)[C@H](O)CC/C(=C/C=C/[C@H](CC)CCCC(=O)CCCC[C@@H](C)C[C@H](C)C(=O)O)COC. The monoisotopic (exact) mass is 801 g/mol. The number of carboxylic acid groups (broad SMARTS) is 1. The zero-order valence-corrected chi connectivity index (χ0v) is 34.9. The van der Waals surface area contributed by atoms with E-state index >= 15 is 0 Å². The van der Waals surface area contributed by atoms with Gasteiger partial charge in [-0.3, -0.25) is 14.4 Å². The van der Waals surface area contributed by atoms with Gasteiger partial charge < -0.3 is 30.5 Å². The number of Topliss-reactive ketones (excluding diaryl/α,β-unsaturated/α-hetero) is 1. The number of nitrogens with one attached hydrogen (secondary N) is 1. The number of rotatable bonds is 35. The van der Waals surface area contributed by atoms with Crippen molar-refractivity contribution in [2.45, 2.75) is 186 Å².